The van der Waals surface area contributed by atoms with E-state index in [4.69, 9.17) is 5.14 Å². The fourth-order valence-corrected chi connectivity index (χ4v) is 3.97. The minimum absolute atomic E-state index is 0.124. The van der Waals surface area contributed by atoms with E-state index in [0.717, 1.165) is 8.95 Å². The molecule has 1 saturated heterocycles. The van der Waals surface area contributed by atoms with Crippen LogP contribution < -0.4 is 5.14 Å². The van der Waals surface area contributed by atoms with Gasteiger partial charge in [-0.3, -0.25) is 4.79 Å². The fraction of sp³-hybridized carbons (Fsp3) is 0.364. The molecule has 0 bridgehead atoms. The largest absolute Gasteiger partial charge is 0.336 e. The molecule has 9 heteroatoms. The second kappa shape index (κ2) is 6.10. The number of carbonyl (C=O) groups is 1. The molecule has 1 aromatic rings. The molecule has 0 aliphatic carbocycles. The minimum atomic E-state index is -3.67. The summed E-state index contributed by atoms with van der Waals surface area (Å²) in [5, 5.41) is 5.06. The number of carbonyl (C=O) groups excluding carboxylic acids is 1. The first-order valence-electron chi connectivity index (χ1n) is 5.80. The summed E-state index contributed by atoms with van der Waals surface area (Å²) in [5.74, 6) is -0.124. The van der Waals surface area contributed by atoms with Crippen molar-refractivity contribution in [3.63, 3.8) is 0 Å². The van der Waals surface area contributed by atoms with Crippen molar-refractivity contribution in [1.82, 2.24) is 9.21 Å². The lowest BCUT2D eigenvalue weighted by molar-refractivity contribution is 0.0697. The van der Waals surface area contributed by atoms with Crippen LogP contribution in [0, 0.1) is 0 Å². The van der Waals surface area contributed by atoms with E-state index in [1.54, 1.807) is 17.0 Å². The van der Waals surface area contributed by atoms with Crippen LogP contribution >= 0.6 is 31.9 Å². The maximum atomic E-state index is 12.3. The predicted octanol–water partition coefficient (Wildman–Crippen LogP) is 1.17. The topological polar surface area (TPSA) is 83.7 Å². The van der Waals surface area contributed by atoms with Crippen LogP contribution in [0.1, 0.15) is 10.4 Å². The lowest BCUT2D eigenvalue weighted by Crippen LogP contribution is -2.52. The van der Waals surface area contributed by atoms with Crippen molar-refractivity contribution in [2.45, 2.75) is 0 Å². The van der Waals surface area contributed by atoms with Gasteiger partial charge >= 0.3 is 0 Å². The zero-order valence-corrected chi connectivity index (χ0v) is 14.4. The Labute approximate surface area is 134 Å². The molecule has 1 aliphatic heterocycles. The van der Waals surface area contributed by atoms with Crippen LogP contribution in [0.25, 0.3) is 0 Å². The van der Waals surface area contributed by atoms with Gasteiger partial charge in [0.2, 0.25) is 0 Å². The van der Waals surface area contributed by atoms with Crippen molar-refractivity contribution in [2.75, 3.05) is 26.2 Å². The fourth-order valence-electron chi connectivity index (χ4n) is 2.01. The predicted molar refractivity (Wildman–Crippen MR) is 82.4 cm³/mol. The van der Waals surface area contributed by atoms with E-state index < -0.39 is 10.2 Å². The molecular weight excluding hydrogens is 414 g/mol. The molecule has 0 saturated carbocycles. The zero-order chi connectivity index (χ0) is 14.9. The van der Waals surface area contributed by atoms with Gasteiger partial charge in [-0.1, -0.05) is 31.9 Å². The summed E-state index contributed by atoms with van der Waals surface area (Å²) in [4.78, 5) is 14.0. The van der Waals surface area contributed by atoms with Gasteiger partial charge in [0.05, 0.1) is 0 Å². The van der Waals surface area contributed by atoms with Crippen LogP contribution in [0.4, 0.5) is 0 Å². The quantitative estimate of drug-likeness (QED) is 0.770. The number of nitrogens with two attached hydrogens (primary N) is 1. The first-order chi connectivity index (χ1) is 9.27. The van der Waals surface area contributed by atoms with Gasteiger partial charge in [-0.25, -0.2) is 5.14 Å². The third-order valence-electron chi connectivity index (χ3n) is 3.00. The van der Waals surface area contributed by atoms with Crippen molar-refractivity contribution in [2.24, 2.45) is 5.14 Å². The molecule has 0 atom stereocenters. The van der Waals surface area contributed by atoms with Gasteiger partial charge in [0, 0.05) is 40.7 Å². The highest BCUT2D eigenvalue weighted by molar-refractivity contribution is 9.11. The summed E-state index contributed by atoms with van der Waals surface area (Å²) in [7, 11) is -3.67. The third-order valence-corrected chi connectivity index (χ3v) is 5.00. The number of rotatable bonds is 2. The number of nitrogens with zero attached hydrogens (tertiary/aromatic N) is 2. The number of halogens is 2. The lowest BCUT2D eigenvalue weighted by atomic mass is 10.2. The molecule has 0 spiro atoms. The maximum Gasteiger partial charge on any atom is 0.277 e. The van der Waals surface area contributed by atoms with E-state index in [9.17, 15) is 13.2 Å². The molecule has 110 valence electrons. The molecule has 1 aliphatic rings. The summed E-state index contributed by atoms with van der Waals surface area (Å²) < 4.78 is 25.2. The average Bonchev–Trinajstić information content (AvgIpc) is 2.36. The van der Waals surface area contributed by atoms with E-state index in [0.29, 0.717) is 18.7 Å². The molecule has 1 aromatic carbocycles. The minimum Gasteiger partial charge on any atom is -0.336 e. The summed E-state index contributed by atoms with van der Waals surface area (Å²) >= 11 is 6.67. The summed E-state index contributed by atoms with van der Waals surface area (Å²) in [5.41, 5.74) is 0.551. The molecule has 1 heterocycles. The van der Waals surface area contributed by atoms with E-state index in [-0.39, 0.29) is 19.0 Å². The Bertz CT molecular complexity index is 608. The van der Waals surface area contributed by atoms with Crippen LogP contribution in [0.2, 0.25) is 0 Å². The van der Waals surface area contributed by atoms with Crippen LogP contribution in [0.5, 0.6) is 0 Å². The standard InChI is InChI=1S/C11H13Br2N3O3S/c12-9-5-8(6-10(13)7-9)11(17)15-1-3-16(4-2-15)20(14,18)19/h5-7H,1-4H2,(H2,14,18,19). The maximum absolute atomic E-state index is 12.3. The van der Waals surface area contributed by atoms with Gasteiger partial charge < -0.3 is 4.90 Å². The highest BCUT2D eigenvalue weighted by atomic mass is 79.9. The van der Waals surface area contributed by atoms with E-state index in [2.05, 4.69) is 31.9 Å². The van der Waals surface area contributed by atoms with Crippen molar-refractivity contribution in [3.8, 4) is 0 Å². The average molecular weight is 427 g/mol. The Morgan fingerprint density at radius 2 is 1.55 bits per heavy atom. The van der Waals surface area contributed by atoms with Gasteiger partial charge in [-0.15, -0.1) is 0 Å². The normalized spacial score (nSPS) is 17.2. The Morgan fingerprint density at radius 3 is 2.00 bits per heavy atom. The van der Waals surface area contributed by atoms with E-state index >= 15 is 0 Å². The van der Waals surface area contributed by atoms with Crippen LogP contribution in [-0.2, 0) is 10.2 Å². The second-order valence-electron chi connectivity index (χ2n) is 4.39. The van der Waals surface area contributed by atoms with Crippen LogP contribution in [0.3, 0.4) is 0 Å². The molecule has 0 unspecified atom stereocenters. The van der Waals surface area contributed by atoms with E-state index in [1.165, 1.54) is 4.31 Å². The molecular formula is C11H13Br2N3O3S. The van der Waals surface area contributed by atoms with Crippen molar-refractivity contribution in [1.29, 1.82) is 0 Å². The number of amides is 1. The molecule has 20 heavy (non-hydrogen) atoms. The van der Waals surface area contributed by atoms with Gasteiger partial charge in [-0.05, 0) is 18.2 Å². The van der Waals surface area contributed by atoms with Gasteiger partial charge in [0.25, 0.3) is 16.1 Å². The smallest absolute Gasteiger partial charge is 0.277 e. The van der Waals surface area contributed by atoms with E-state index in [1.807, 2.05) is 6.07 Å². The second-order valence-corrected chi connectivity index (χ2v) is 7.77. The SMILES string of the molecule is NS(=O)(=O)N1CCN(C(=O)c2cc(Br)cc(Br)c2)CC1. The lowest BCUT2D eigenvalue weighted by Gasteiger charge is -2.33. The molecule has 1 fully saturated rings. The molecule has 6 nitrogen and oxygen atoms in total. The summed E-state index contributed by atoms with van der Waals surface area (Å²) in [6.45, 7) is 1.11. The first-order valence-corrected chi connectivity index (χ1v) is 8.89. The Hall–Kier alpha value is -0.480. The monoisotopic (exact) mass is 425 g/mol. The molecule has 2 N–H and O–H groups in total. The summed E-state index contributed by atoms with van der Waals surface area (Å²) in [6, 6.07) is 5.31. The van der Waals surface area contributed by atoms with Gasteiger partial charge in [0.1, 0.15) is 0 Å². The highest BCUT2D eigenvalue weighted by Gasteiger charge is 2.27. The number of piperazine rings is 1. The van der Waals surface area contributed by atoms with Crippen molar-refractivity contribution in [3.05, 3.63) is 32.7 Å². The Kier molecular flexibility index (Phi) is 4.85. The Morgan fingerprint density at radius 1 is 1.05 bits per heavy atom. The van der Waals surface area contributed by atoms with Crippen LogP contribution in [0.15, 0.2) is 27.1 Å². The molecule has 0 aromatic heterocycles. The van der Waals surface area contributed by atoms with Gasteiger partial charge in [0.15, 0.2) is 0 Å². The number of hydrogen-bond acceptors (Lipinski definition) is 3. The number of benzene rings is 1. The highest BCUT2D eigenvalue weighted by Crippen LogP contribution is 2.21. The van der Waals surface area contributed by atoms with Gasteiger partial charge in [-0.2, -0.15) is 12.7 Å². The van der Waals surface area contributed by atoms with Crippen LogP contribution in [-0.4, -0.2) is 49.7 Å². The van der Waals surface area contributed by atoms with Crippen molar-refractivity contribution >= 4 is 48.0 Å². The number of hydrogen-bond donors (Lipinski definition) is 1. The molecule has 2 rings (SSSR count). The van der Waals surface area contributed by atoms with Crippen molar-refractivity contribution < 1.29 is 13.2 Å². The molecule has 0 radical (unpaired) electrons. The first kappa shape index (κ1) is 15.9. The molecule has 1 amide bonds. The summed E-state index contributed by atoms with van der Waals surface area (Å²) in [6.07, 6.45) is 0. The Balaban J connectivity index is 2.09. The third kappa shape index (κ3) is 3.79. The zero-order valence-electron chi connectivity index (χ0n) is 10.4.